The zero-order valence-electron chi connectivity index (χ0n) is 34.6. The summed E-state index contributed by atoms with van der Waals surface area (Å²) in [6.07, 6.45) is 0. The van der Waals surface area contributed by atoms with Gasteiger partial charge in [-0.05, 0) is 91.7 Å². The lowest BCUT2D eigenvalue weighted by Gasteiger charge is -2.47. The van der Waals surface area contributed by atoms with E-state index in [0.29, 0.717) is 0 Å². The quantitative estimate of drug-likeness (QED) is 0.148. The summed E-state index contributed by atoms with van der Waals surface area (Å²) < 4.78 is 0. The maximum Gasteiger partial charge on any atom is 0.252 e. The van der Waals surface area contributed by atoms with Gasteiger partial charge in [-0.15, -0.1) is 0 Å². The summed E-state index contributed by atoms with van der Waals surface area (Å²) >= 11 is 0. The van der Waals surface area contributed by atoms with Crippen LogP contribution in [-0.4, -0.2) is 6.71 Å². The third-order valence-corrected chi connectivity index (χ3v) is 12.8. The molecule has 2 aliphatic heterocycles. The van der Waals surface area contributed by atoms with E-state index in [1.54, 1.807) is 0 Å². The van der Waals surface area contributed by atoms with Gasteiger partial charge in [0.2, 0.25) is 0 Å². The molecule has 2 heterocycles. The van der Waals surface area contributed by atoms with Crippen molar-refractivity contribution in [3.8, 4) is 55.6 Å². The average molecular weight is 801 g/mol. The van der Waals surface area contributed by atoms with E-state index in [0.717, 1.165) is 11.4 Å². The van der Waals surface area contributed by atoms with Crippen LogP contribution >= 0.6 is 0 Å². The van der Waals surface area contributed by atoms with E-state index < -0.39 is 0 Å². The van der Waals surface area contributed by atoms with E-state index in [2.05, 4.69) is 259 Å². The summed E-state index contributed by atoms with van der Waals surface area (Å²) in [5.74, 6) is 0. The van der Waals surface area contributed by atoms with Gasteiger partial charge >= 0.3 is 0 Å². The highest BCUT2D eigenvalue weighted by molar-refractivity contribution is 7.00. The maximum atomic E-state index is 2.58. The fraction of sp³-hybridized carbons (Fsp3) is 0. The Hall–Kier alpha value is -8.14. The van der Waals surface area contributed by atoms with Crippen LogP contribution in [0.3, 0.4) is 0 Å². The molecule has 0 radical (unpaired) electrons. The molecule has 0 bridgehead atoms. The summed E-state index contributed by atoms with van der Waals surface area (Å²) in [4.78, 5) is 5.13. The Balaban J connectivity index is 1.30. The number of hydrogen-bond acceptors (Lipinski definition) is 2. The number of rotatable bonds is 7. The third kappa shape index (κ3) is 6.12. The predicted molar refractivity (Wildman–Crippen MR) is 268 cm³/mol. The normalized spacial score (nSPS) is 12.3. The van der Waals surface area contributed by atoms with Crippen LogP contribution in [0.2, 0.25) is 0 Å². The van der Waals surface area contributed by atoms with E-state index in [9.17, 15) is 0 Å². The Bertz CT molecular complexity index is 3250. The lowest BCUT2D eigenvalue weighted by atomic mass is 9.33. The third-order valence-electron chi connectivity index (χ3n) is 12.8. The highest BCUT2D eigenvalue weighted by Gasteiger charge is 2.47. The lowest BCUT2D eigenvalue weighted by Crippen LogP contribution is -2.61. The molecule has 0 saturated heterocycles. The van der Waals surface area contributed by atoms with E-state index in [1.165, 1.54) is 94.8 Å². The molecule has 0 spiro atoms. The SMILES string of the molecule is c1ccc(-c2ccc(N3c4ccc(-c5ccccc5)cc4B4c5ccccc5N(c5ccccc5)c5c4c3c(-c3ccccc3)c(-c3ccccc3)c5-c3ccccc3)cc2)cc1. The van der Waals surface area contributed by atoms with Crippen LogP contribution in [0.5, 0.6) is 0 Å². The van der Waals surface area contributed by atoms with Gasteiger partial charge in [0.1, 0.15) is 0 Å². The Morgan fingerprint density at radius 2 is 0.619 bits per heavy atom. The molecule has 2 nitrogen and oxygen atoms in total. The monoisotopic (exact) mass is 800 g/mol. The summed E-state index contributed by atoms with van der Waals surface area (Å²) in [6.45, 7) is -0.0839. The number of fused-ring (bicyclic) bond motifs is 4. The van der Waals surface area contributed by atoms with Crippen LogP contribution in [0.1, 0.15) is 0 Å². The number of anilines is 6. The van der Waals surface area contributed by atoms with E-state index >= 15 is 0 Å². The second kappa shape index (κ2) is 15.4. The minimum atomic E-state index is -0.0839. The van der Waals surface area contributed by atoms with E-state index in [-0.39, 0.29) is 6.71 Å². The first-order chi connectivity index (χ1) is 31.3. The number of benzene rings is 10. The van der Waals surface area contributed by atoms with Gasteiger partial charge in [-0.2, -0.15) is 0 Å². The Morgan fingerprint density at radius 1 is 0.254 bits per heavy atom. The standard InChI is InChI=1S/C60H41BN2/c1-7-21-42(22-8-1)44-35-38-50(39-36-44)63-54-40-37-48(43-23-9-2-10-24-43)41-52(54)61-51-33-19-20-34-53(51)62(49-31-17-6-18-32-49)59-56(46-27-13-4-14-28-46)55(45-25-11-3-12-26-45)57(60(63)58(59)61)47-29-15-5-16-30-47/h1-41H. The van der Waals surface area contributed by atoms with Gasteiger partial charge in [-0.25, -0.2) is 0 Å². The van der Waals surface area contributed by atoms with Crippen molar-refractivity contribution in [1.29, 1.82) is 0 Å². The first-order valence-electron chi connectivity index (χ1n) is 21.8. The largest absolute Gasteiger partial charge is 0.311 e. The van der Waals surface area contributed by atoms with Crippen molar-refractivity contribution >= 4 is 57.2 Å². The Labute approximate surface area is 369 Å². The van der Waals surface area contributed by atoms with Gasteiger partial charge in [0.15, 0.2) is 0 Å². The van der Waals surface area contributed by atoms with Gasteiger partial charge < -0.3 is 9.80 Å². The highest BCUT2D eigenvalue weighted by Crippen LogP contribution is 2.56. The zero-order chi connectivity index (χ0) is 41.7. The van der Waals surface area contributed by atoms with Gasteiger partial charge in [0.05, 0.1) is 11.4 Å². The fourth-order valence-electron chi connectivity index (χ4n) is 10.1. The minimum Gasteiger partial charge on any atom is -0.311 e. The molecule has 0 aromatic heterocycles. The van der Waals surface area contributed by atoms with Crippen molar-refractivity contribution in [2.24, 2.45) is 0 Å². The fourth-order valence-corrected chi connectivity index (χ4v) is 10.1. The van der Waals surface area contributed by atoms with Crippen LogP contribution in [0.25, 0.3) is 55.6 Å². The van der Waals surface area contributed by atoms with Crippen molar-refractivity contribution in [3.05, 3.63) is 249 Å². The first kappa shape index (κ1) is 36.7. The van der Waals surface area contributed by atoms with Crippen LogP contribution in [0.4, 0.5) is 34.1 Å². The van der Waals surface area contributed by atoms with Crippen molar-refractivity contribution in [2.75, 3.05) is 9.80 Å². The molecular weight excluding hydrogens is 759 g/mol. The molecule has 0 unspecified atom stereocenters. The van der Waals surface area contributed by atoms with Crippen LogP contribution in [0, 0.1) is 0 Å². The van der Waals surface area contributed by atoms with E-state index in [1.807, 2.05) is 0 Å². The van der Waals surface area contributed by atoms with Gasteiger partial charge in [-0.3, -0.25) is 0 Å². The second-order valence-corrected chi connectivity index (χ2v) is 16.4. The zero-order valence-corrected chi connectivity index (χ0v) is 34.6. The van der Waals surface area contributed by atoms with Crippen molar-refractivity contribution in [3.63, 3.8) is 0 Å². The van der Waals surface area contributed by atoms with Crippen molar-refractivity contribution in [2.45, 2.75) is 0 Å². The molecule has 0 N–H and O–H groups in total. The Morgan fingerprint density at radius 3 is 1.14 bits per heavy atom. The number of para-hydroxylation sites is 2. The summed E-state index contributed by atoms with van der Waals surface area (Å²) in [7, 11) is 0. The van der Waals surface area contributed by atoms with Gasteiger partial charge in [0.25, 0.3) is 6.71 Å². The first-order valence-corrected chi connectivity index (χ1v) is 21.8. The molecule has 0 fully saturated rings. The molecule has 294 valence electrons. The number of nitrogens with zero attached hydrogens (tertiary/aromatic N) is 2. The topological polar surface area (TPSA) is 6.48 Å². The molecule has 0 saturated carbocycles. The minimum absolute atomic E-state index is 0.0839. The van der Waals surface area contributed by atoms with Gasteiger partial charge in [-0.1, -0.05) is 212 Å². The average Bonchev–Trinajstić information content (AvgIpc) is 3.37. The molecular formula is C60H41BN2. The summed E-state index contributed by atoms with van der Waals surface area (Å²) in [6, 6.07) is 91.2. The van der Waals surface area contributed by atoms with E-state index in [4.69, 9.17) is 0 Å². The van der Waals surface area contributed by atoms with Gasteiger partial charge in [0, 0.05) is 39.4 Å². The van der Waals surface area contributed by atoms with Crippen molar-refractivity contribution in [1.82, 2.24) is 0 Å². The second-order valence-electron chi connectivity index (χ2n) is 16.4. The highest BCUT2D eigenvalue weighted by atomic mass is 15.2. The van der Waals surface area contributed by atoms with Crippen molar-refractivity contribution < 1.29 is 0 Å². The summed E-state index contributed by atoms with van der Waals surface area (Å²) in [5, 5.41) is 0. The molecule has 0 aliphatic carbocycles. The molecule has 12 rings (SSSR count). The van der Waals surface area contributed by atoms with Crippen LogP contribution < -0.4 is 26.2 Å². The molecule has 2 aliphatic rings. The number of hydrogen-bond donors (Lipinski definition) is 0. The predicted octanol–water partition coefficient (Wildman–Crippen LogP) is 14.1. The molecule has 0 atom stereocenters. The molecule has 3 heteroatoms. The molecule has 10 aromatic rings. The molecule has 10 aromatic carbocycles. The van der Waals surface area contributed by atoms with Crippen LogP contribution in [-0.2, 0) is 0 Å². The molecule has 0 amide bonds. The molecule has 63 heavy (non-hydrogen) atoms. The lowest BCUT2D eigenvalue weighted by molar-refractivity contribution is 1.25. The summed E-state index contributed by atoms with van der Waals surface area (Å²) in [5.41, 5.74) is 22.8. The smallest absolute Gasteiger partial charge is 0.252 e. The van der Waals surface area contributed by atoms with Crippen LogP contribution in [0.15, 0.2) is 249 Å². The maximum absolute atomic E-state index is 2.58. The Kier molecular flexibility index (Phi) is 8.97.